The van der Waals surface area contributed by atoms with Gasteiger partial charge in [-0.2, -0.15) is 0 Å². The van der Waals surface area contributed by atoms with Gasteiger partial charge in [0, 0.05) is 12.6 Å². The fourth-order valence-corrected chi connectivity index (χ4v) is 2.71. The number of ether oxygens (including phenoxy) is 1. The summed E-state index contributed by atoms with van der Waals surface area (Å²) in [7, 11) is 0. The maximum atomic E-state index is 11.3. The number of carbonyl (C=O) groups excluding carboxylic acids is 1. The Balaban J connectivity index is 1.63. The van der Waals surface area contributed by atoms with Gasteiger partial charge in [0.2, 0.25) is 0 Å². The Kier molecular flexibility index (Phi) is 3.84. The summed E-state index contributed by atoms with van der Waals surface area (Å²) in [5, 5.41) is 16.0. The van der Waals surface area contributed by atoms with E-state index in [1.165, 1.54) is 0 Å². The summed E-state index contributed by atoms with van der Waals surface area (Å²) < 4.78 is 5.27. The third kappa shape index (κ3) is 2.91. The van der Waals surface area contributed by atoms with Crippen LogP contribution in [0.1, 0.15) is 31.4 Å². The van der Waals surface area contributed by atoms with Crippen molar-refractivity contribution in [3.05, 3.63) is 18.0 Å². The number of aliphatic hydroxyl groups excluding tert-OH is 1. The van der Waals surface area contributed by atoms with Crippen LogP contribution < -0.4 is 15.4 Å². The second-order valence-electron chi connectivity index (χ2n) is 5.35. The van der Waals surface area contributed by atoms with Crippen molar-refractivity contribution in [2.45, 2.75) is 44.4 Å². The minimum atomic E-state index is -0.274. The van der Waals surface area contributed by atoms with Gasteiger partial charge in [-0.1, -0.05) is 12.8 Å². The van der Waals surface area contributed by atoms with Gasteiger partial charge in [0.05, 0.1) is 23.7 Å². The van der Waals surface area contributed by atoms with Gasteiger partial charge in [-0.05, 0) is 18.9 Å². The zero-order chi connectivity index (χ0) is 13.9. The average molecular weight is 277 g/mol. The van der Waals surface area contributed by atoms with E-state index in [2.05, 4.69) is 15.6 Å². The molecule has 3 N–H and O–H groups in total. The van der Waals surface area contributed by atoms with E-state index < -0.39 is 0 Å². The smallest absolute Gasteiger partial charge is 0.262 e. The van der Waals surface area contributed by atoms with Crippen molar-refractivity contribution in [3.63, 3.8) is 0 Å². The second-order valence-corrected chi connectivity index (χ2v) is 5.35. The maximum Gasteiger partial charge on any atom is 0.262 e. The monoisotopic (exact) mass is 277 g/mol. The molecule has 1 fully saturated rings. The quantitative estimate of drug-likeness (QED) is 0.761. The highest BCUT2D eigenvalue weighted by Gasteiger charge is 2.23. The van der Waals surface area contributed by atoms with Crippen molar-refractivity contribution in [2.24, 2.45) is 0 Å². The molecule has 0 unspecified atom stereocenters. The predicted molar refractivity (Wildman–Crippen MR) is 73.5 cm³/mol. The number of anilines is 1. The van der Waals surface area contributed by atoms with Crippen LogP contribution in [0.25, 0.3) is 0 Å². The van der Waals surface area contributed by atoms with Crippen LogP contribution in [-0.2, 0) is 11.3 Å². The molecule has 1 aromatic rings. The summed E-state index contributed by atoms with van der Waals surface area (Å²) in [5.74, 6) is 0.455. The van der Waals surface area contributed by atoms with Gasteiger partial charge in [0.25, 0.3) is 5.91 Å². The van der Waals surface area contributed by atoms with Crippen molar-refractivity contribution in [1.82, 2.24) is 10.3 Å². The van der Waals surface area contributed by atoms with Gasteiger partial charge >= 0.3 is 0 Å². The van der Waals surface area contributed by atoms with E-state index in [9.17, 15) is 9.90 Å². The largest absolute Gasteiger partial charge is 0.480 e. The molecule has 1 aliphatic heterocycles. The predicted octanol–water partition coefficient (Wildman–Crippen LogP) is 0.806. The number of fused-ring (bicyclic) bond motifs is 1. The Bertz CT molecular complexity index is 506. The highest BCUT2D eigenvalue weighted by molar-refractivity contribution is 5.95. The first kappa shape index (κ1) is 13.3. The third-order valence-electron chi connectivity index (χ3n) is 3.83. The van der Waals surface area contributed by atoms with E-state index in [-0.39, 0.29) is 24.7 Å². The molecule has 0 radical (unpaired) electrons. The Morgan fingerprint density at radius 2 is 2.30 bits per heavy atom. The van der Waals surface area contributed by atoms with Crippen LogP contribution in [-0.4, -0.2) is 34.8 Å². The molecular weight excluding hydrogens is 258 g/mol. The lowest BCUT2D eigenvalue weighted by atomic mass is 9.92. The van der Waals surface area contributed by atoms with Gasteiger partial charge in [-0.15, -0.1) is 0 Å². The molecule has 1 aromatic heterocycles. The molecule has 0 saturated heterocycles. The topological polar surface area (TPSA) is 83.5 Å². The summed E-state index contributed by atoms with van der Waals surface area (Å²) >= 11 is 0. The van der Waals surface area contributed by atoms with E-state index in [4.69, 9.17) is 4.74 Å². The molecule has 6 nitrogen and oxygen atoms in total. The number of nitrogens with zero attached hydrogens (tertiary/aromatic N) is 1. The first-order valence-electron chi connectivity index (χ1n) is 7.05. The molecule has 1 aliphatic carbocycles. The van der Waals surface area contributed by atoms with Crippen LogP contribution in [0.3, 0.4) is 0 Å². The van der Waals surface area contributed by atoms with E-state index in [1.54, 1.807) is 6.20 Å². The fraction of sp³-hybridized carbons (Fsp3) is 0.571. The minimum absolute atomic E-state index is 0.0422. The van der Waals surface area contributed by atoms with Crippen LogP contribution in [0.4, 0.5) is 5.69 Å². The third-order valence-corrected chi connectivity index (χ3v) is 3.83. The fourth-order valence-electron chi connectivity index (χ4n) is 2.71. The van der Waals surface area contributed by atoms with Crippen LogP contribution in [0.15, 0.2) is 12.3 Å². The van der Waals surface area contributed by atoms with E-state index in [0.717, 1.165) is 31.4 Å². The lowest BCUT2D eigenvalue weighted by Crippen LogP contribution is -2.41. The van der Waals surface area contributed by atoms with Crippen molar-refractivity contribution in [3.8, 4) is 5.75 Å². The van der Waals surface area contributed by atoms with Gasteiger partial charge in [-0.25, -0.2) is 0 Å². The number of hydrogen-bond donors (Lipinski definition) is 3. The number of pyridine rings is 1. The van der Waals surface area contributed by atoms with Gasteiger partial charge in [0.1, 0.15) is 0 Å². The van der Waals surface area contributed by atoms with Gasteiger partial charge < -0.3 is 20.5 Å². The van der Waals surface area contributed by atoms with Crippen LogP contribution in [0.5, 0.6) is 5.75 Å². The molecular formula is C14H19N3O3. The zero-order valence-electron chi connectivity index (χ0n) is 11.3. The molecule has 1 amide bonds. The maximum absolute atomic E-state index is 11.3. The molecule has 6 heteroatoms. The first-order valence-corrected chi connectivity index (χ1v) is 7.05. The van der Waals surface area contributed by atoms with Crippen molar-refractivity contribution >= 4 is 11.6 Å². The SMILES string of the molecule is O=C1COc2cnc(CN[C@H]3CCCC[C@@H]3O)cc2N1. The van der Waals surface area contributed by atoms with E-state index >= 15 is 0 Å². The summed E-state index contributed by atoms with van der Waals surface area (Å²) in [6, 6.07) is 1.95. The van der Waals surface area contributed by atoms with E-state index in [0.29, 0.717) is 18.0 Å². The zero-order valence-corrected chi connectivity index (χ0v) is 11.3. The van der Waals surface area contributed by atoms with Crippen molar-refractivity contribution in [2.75, 3.05) is 11.9 Å². The highest BCUT2D eigenvalue weighted by atomic mass is 16.5. The number of rotatable bonds is 3. The number of aromatic nitrogens is 1. The summed E-state index contributed by atoms with van der Waals surface area (Å²) in [6.07, 6.45) is 5.45. The van der Waals surface area contributed by atoms with Gasteiger partial charge in [-0.3, -0.25) is 9.78 Å². The molecule has 0 bridgehead atoms. The Hall–Kier alpha value is -1.66. The summed E-state index contributed by atoms with van der Waals surface area (Å²) in [4.78, 5) is 15.6. The Labute approximate surface area is 117 Å². The van der Waals surface area contributed by atoms with Crippen LogP contribution in [0.2, 0.25) is 0 Å². The summed E-state index contributed by atoms with van der Waals surface area (Å²) in [6.45, 7) is 0.616. The first-order chi connectivity index (χ1) is 9.72. The molecule has 0 spiro atoms. The average Bonchev–Trinajstić information content (AvgIpc) is 2.46. The number of nitrogens with one attached hydrogen (secondary N) is 2. The van der Waals surface area contributed by atoms with Crippen molar-refractivity contribution in [1.29, 1.82) is 0 Å². The normalized spacial score (nSPS) is 25.6. The number of carbonyl (C=O) groups is 1. The lowest BCUT2D eigenvalue weighted by molar-refractivity contribution is -0.118. The van der Waals surface area contributed by atoms with Crippen LogP contribution >= 0.6 is 0 Å². The van der Waals surface area contributed by atoms with Crippen LogP contribution in [0, 0.1) is 0 Å². The minimum Gasteiger partial charge on any atom is -0.480 e. The Morgan fingerprint density at radius 3 is 3.15 bits per heavy atom. The molecule has 2 aliphatic rings. The molecule has 20 heavy (non-hydrogen) atoms. The molecule has 3 rings (SSSR count). The molecule has 108 valence electrons. The number of amides is 1. The van der Waals surface area contributed by atoms with Crippen molar-refractivity contribution < 1.29 is 14.6 Å². The van der Waals surface area contributed by atoms with Gasteiger partial charge in [0.15, 0.2) is 12.4 Å². The number of aliphatic hydroxyl groups is 1. The van der Waals surface area contributed by atoms with E-state index in [1.807, 2.05) is 6.07 Å². The lowest BCUT2D eigenvalue weighted by Gasteiger charge is -2.28. The standard InChI is InChI=1S/C14H19N3O3/c18-12-4-2-1-3-10(12)16-6-9-5-11-13(7-15-9)20-8-14(19)17-11/h5,7,10,12,16,18H,1-4,6,8H2,(H,17,19)/t10-,12-/m0/s1. The molecule has 2 heterocycles. The molecule has 0 aromatic carbocycles. The second kappa shape index (κ2) is 5.76. The summed E-state index contributed by atoms with van der Waals surface area (Å²) in [5.41, 5.74) is 1.49. The number of hydrogen-bond acceptors (Lipinski definition) is 5. The molecule has 1 saturated carbocycles. The molecule has 2 atom stereocenters. The Morgan fingerprint density at radius 1 is 1.45 bits per heavy atom. The highest BCUT2D eigenvalue weighted by Crippen LogP contribution is 2.27.